The Hall–Kier alpha value is -2.28. The van der Waals surface area contributed by atoms with E-state index in [1.165, 1.54) is 0 Å². The number of para-hydroxylation sites is 2. The predicted molar refractivity (Wildman–Crippen MR) is 103 cm³/mol. The lowest BCUT2D eigenvalue weighted by atomic mass is 10.2. The van der Waals surface area contributed by atoms with E-state index < -0.39 is 6.03 Å². The normalized spacial score (nSPS) is 16.0. The van der Waals surface area contributed by atoms with Crippen LogP contribution in [0.3, 0.4) is 0 Å². The third-order valence-electron chi connectivity index (χ3n) is 4.49. The number of carbonyl (C=O) groups excluding carboxylic acids is 2. The van der Waals surface area contributed by atoms with Gasteiger partial charge in [0.05, 0.1) is 18.8 Å². The molecule has 0 bridgehead atoms. The van der Waals surface area contributed by atoms with Crippen LogP contribution in [0.4, 0.5) is 10.5 Å². The third-order valence-corrected chi connectivity index (χ3v) is 4.49. The number of benzene rings is 1. The van der Waals surface area contributed by atoms with Gasteiger partial charge in [0.15, 0.2) is 0 Å². The van der Waals surface area contributed by atoms with E-state index in [1.807, 2.05) is 39.0 Å². The molecule has 1 atom stereocenters. The van der Waals surface area contributed by atoms with Gasteiger partial charge in [-0.2, -0.15) is 0 Å². The third kappa shape index (κ3) is 5.91. The molecule has 3 amide bonds. The van der Waals surface area contributed by atoms with Crippen molar-refractivity contribution in [3.8, 4) is 5.75 Å². The molecule has 26 heavy (non-hydrogen) atoms. The Labute approximate surface area is 155 Å². The summed E-state index contributed by atoms with van der Waals surface area (Å²) in [6, 6.07) is 7.65. The van der Waals surface area contributed by atoms with Crippen LogP contribution in [0.1, 0.15) is 27.2 Å². The Balaban J connectivity index is 1.80. The number of hydrogen-bond donors (Lipinski definition) is 2. The maximum absolute atomic E-state index is 12.0. The van der Waals surface area contributed by atoms with Crippen molar-refractivity contribution >= 4 is 17.6 Å². The Morgan fingerprint density at radius 1 is 1.15 bits per heavy atom. The van der Waals surface area contributed by atoms with Gasteiger partial charge in [-0.05, 0) is 32.4 Å². The zero-order valence-electron chi connectivity index (χ0n) is 16.0. The van der Waals surface area contributed by atoms with E-state index in [9.17, 15) is 9.59 Å². The molecule has 0 radical (unpaired) electrons. The molecule has 1 fully saturated rings. The number of rotatable bonds is 7. The maximum Gasteiger partial charge on any atom is 0.321 e. The predicted octanol–water partition coefficient (Wildman–Crippen LogP) is 1.83. The van der Waals surface area contributed by atoms with Crippen LogP contribution in [0.5, 0.6) is 5.75 Å². The zero-order valence-corrected chi connectivity index (χ0v) is 16.0. The molecule has 1 aromatic carbocycles. The monoisotopic (exact) mass is 362 g/mol. The van der Waals surface area contributed by atoms with Gasteiger partial charge in [0.2, 0.25) is 5.91 Å². The van der Waals surface area contributed by atoms with Crippen LogP contribution in [0.25, 0.3) is 0 Å². The molecule has 1 aromatic rings. The number of anilines is 1. The van der Waals surface area contributed by atoms with Crippen molar-refractivity contribution in [2.45, 2.75) is 33.2 Å². The second-order valence-corrected chi connectivity index (χ2v) is 6.49. The van der Waals surface area contributed by atoms with Crippen molar-refractivity contribution in [1.29, 1.82) is 0 Å². The van der Waals surface area contributed by atoms with Gasteiger partial charge in [-0.15, -0.1) is 0 Å². The summed E-state index contributed by atoms with van der Waals surface area (Å²) < 4.78 is 5.70. The van der Waals surface area contributed by atoms with Crippen LogP contribution in [0.15, 0.2) is 24.3 Å². The number of nitrogens with zero attached hydrogens (tertiary/aromatic N) is 2. The van der Waals surface area contributed by atoms with Crippen LogP contribution in [0.2, 0.25) is 0 Å². The first-order valence-electron chi connectivity index (χ1n) is 9.33. The van der Waals surface area contributed by atoms with Crippen LogP contribution in [-0.2, 0) is 4.79 Å². The number of amides is 3. The fourth-order valence-electron chi connectivity index (χ4n) is 2.87. The van der Waals surface area contributed by atoms with Crippen LogP contribution < -0.4 is 20.3 Å². The lowest BCUT2D eigenvalue weighted by Gasteiger charge is -2.36. The Morgan fingerprint density at radius 3 is 2.50 bits per heavy atom. The van der Waals surface area contributed by atoms with Crippen molar-refractivity contribution in [2.75, 3.05) is 44.2 Å². The van der Waals surface area contributed by atoms with Gasteiger partial charge in [-0.3, -0.25) is 15.0 Å². The molecule has 0 aromatic heterocycles. The molecular weight excluding hydrogens is 332 g/mol. The Kier molecular flexibility index (Phi) is 7.72. The summed E-state index contributed by atoms with van der Waals surface area (Å²) in [5.41, 5.74) is 1.09. The highest BCUT2D eigenvalue weighted by atomic mass is 16.5. The molecule has 0 spiro atoms. The smallest absolute Gasteiger partial charge is 0.321 e. The van der Waals surface area contributed by atoms with Crippen molar-refractivity contribution in [1.82, 2.24) is 15.5 Å². The second kappa shape index (κ2) is 10.0. The van der Waals surface area contributed by atoms with Crippen molar-refractivity contribution in [3.63, 3.8) is 0 Å². The number of imide groups is 1. The molecule has 1 heterocycles. The Bertz CT molecular complexity index is 600. The van der Waals surface area contributed by atoms with Gasteiger partial charge in [-0.1, -0.05) is 19.1 Å². The fraction of sp³-hybridized carbons (Fsp3) is 0.579. The summed E-state index contributed by atoms with van der Waals surface area (Å²) in [6.45, 7) is 9.89. The number of nitrogens with one attached hydrogen (secondary N) is 2. The summed E-state index contributed by atoms with van der Waals surface area (Å²) in [5, 5.41) is 5.13. The summed E-state index contributed by atoms with van der Waals surface area (Å²) in [7, 11) is 0. The van der Waals surface area contributed by atoms with Crippen LogP contribution >= 0.6 is 0 Å². The Morgan fingerprint density at radius 2 is 1.85 bits per heavy atom. The largest absolute Gasteiger partial charge is 0.492 e. The van der Waals surface area contributed by atoms with Gasteiger partial charge in [-0.25, -0.2) is 4.79 Å². The van der Waals surface area contributed by atoms with E-state index in [0.717, 1.165) is 44.0 Å². The van der Waals surface area contributed by atoms with Crippen molar-refractivity contribution < 1.29 is 14.3 Å². The fourth-order valence-corrected chi connectivity index (χ4v) is 2.87. The first-order chi connectivity index (χ1) is 12.5. The second-order valence-electron chi connectivity index (χ2n) is 6.49. The number of ether oxygens (including phenoxy) is 1. The van der Waals surface area contributed by atoms with Gasteiger partial charge in [0.1, 0.15) is 5.75 Å². The van der Waals surface area contributed by atoms with Gasteiger partial charge >= 0.3 is 6.03 Å². The summed E-state index contributed by atoms with van der Waals surface area (Å²) in [6.07, 6.45) is 0.826. The number of urea groups is 1. The van der Waals surface area contributed by atoms with Gasteiger partial charge < -0.3 is 15.0 Å². The van der Waals surface area contributed by atoms with Crippen LogP contribution in [-0.4, -0.2) is 62.2 Å². The maximum atomic E-state index is 12.0. The quantitative estimate of drug-likeness (QED) is 0.774. The van der Waals surface area contributed by atoms with E-state index in [1.54, 1.807) is 0 Å². The van der Waals surface area contributed by atoms with Crippen molar-refractivity contribution in [2.24, 2.45) is 0 Å². The molecule has 1 aliphatic heterocycles. The summed E-state index contributed by atoms with van der Waals surface area (Å²) in [5.74, 6) is 0.622. The minimum atomic E-state index is -0.423. The molecule has 2 N–H and O–H groups in total. The molecule has 2 rings (SSSR count). The van der Waals surface area contributed by atoms with Gasteiger partial charge in [0.25, 0.3) is 0 Å². The first-order valence-corrected chi connectivity index (χ1v) is 9.33. The van der Waals surface area contributed by atoms with E-state index in [4.69, 9.17) is 4.74 Å². The van der Waals surface area contributed by atoms with E-state index in [0.29, 0.717) is 6.61 Å². The highest BCUT2D eigenvalue weighted by Gasteiger charge is 2.21. The van der Waals surface area contributed by atoms with E-state index in [2.05, 4.69) is 26.5 Å². The molecule has 0 unspecified atom stereocenters. The lowest BCUT2D eigenvalue weighted by molar-refractivity contribution is -0.121. The topological polar surface area (TPSA) is 73.9 Å². The standard InChI is InChI=1S/C19H30N4O3/c1-4-15(3)20-19(25)21-18(24)14-22-10-12-23(13-11-22)16-8-6-7-9-17(16)26-5-2/h6-9,15H,4-5,10-14H2,1-3H3,(H2,20,21,24,25)/t15-/m1/s1. The summed E-state index contributed by atoms with van der Waals surface area (Å²) in [4.78, 5) is 28.1. The van der Waals surface area contributed by atoms with E-state index >= 15 is 0 Å². The molecular formula is C19H30N4O3. The van der Waals surface area contributed by atoms with E-state index in [-0.39, 0.29) is 18.5 Å². The van der Waals surface area contributed by atoms with Crippen LogP contribution in [0, 0.1) is 0 Å². The minimum Gasteiger partial charge on any atom is -0.492 e. The zero-order chi connectivity index (χ0) is 18.9. The van der Waals surface area contributed by atoms with Gasteiger partial charge in [0, 0.05) is 32.2 Å². The molecule has 7 nitrogen and oxygen atoms in total. The number of hydrogen-bond acceptors (Lipinski definition) is 5. The number of piperazine rings is 1. The highest BCUT2D eigenvalue weighted by molar-refractivity contribution is 5.95. The number of carbonyl (C=O) groups is 2. The molecule has 144 valence electrons. The molecule has 0 saturated carbocycles. The molecule has 7 heteroatoms. The SMILES string of the molecule is CCOc1ccccc1N1CCN(CC(=O)NC(=O)N[C@H](C)CC)CC1. The molecule has 0 aliphatic carbocycles. The minimum absolute atomic E-state index is 0.0525. The summed E-state index contributed by atoms with van der Waals surface area (Å²) >= 11 is 0. The molecule has 1 aliphatic rings. The van der Waals surface area contributed by atoms with Crippen molar-refractivity contribution in [3.05, 3.63) is 24.3 Å². The molecule has 1 saturated heterocycles. The highest BCUT2D eigenvalue weighted by Crippen LogP contribution is 2.28. The average molecular weight is 362 g/mol. The first kappa shape index (κ1) is 20.0. The average Bonchev–Trinajstić information content (AvgIpc) is 2.63. The lowest BCUT2D eigenvalue weighted by Crippen LogP contribution is -2.51.